The van der Waals surface area contributed by atoms with E-state index in [4.69, 9.17) is 10.5 Å². The van der Waals surface area contributed by atoms with Crippen LogP contribution in [0.15, 0.2) is 0 Å². The van der Waals surface area contributed by atoms with Crippen LogP contribution in [-0.4, -0.2) is 30.1 Å². The Bertz CT molecular complexity index is 114. The molecule has 6 heteroatoms. The second-order valence-electron chi connectivity index (χ2n) is 1.42. The van der Waals surface area contributed by atoms with Crippen LogP contribution in [-0.2, 0) is 4.79 Å². The molecule has 3 N–H and O–H groups in total. The molecule has 0 unspecified atom stereocenters. The molecule has 0 aliphatic heterocycles. The number of hydrogen-bond acceptors (Lipinski definition) is 4. The van der Waals surface area contributed by atoms with E-state index in [1.165, 1.54) is 0 Å². The molecule has 0 aromatic rings. The van der Waals surface area contributed by atoms with Crippen molar-refractivity contribution in [2.75, 3.05) is 13.1 Å². The molecule has 0 saturated heterocycles. The molecule has 0 atom stereocenters. The first-order valence-corrected chi connectivity index (χ1v) is 2.30. The molecule has 0 bridgehead atoms. The van der Waals surface area contributed by atoms with Crippen molar-refractivity contribution in [2.24, 2.45) is 0 Å². The van der Waals surface area contributed by atoms with E-state index >= 15 is 0 Å². The van der Waals surface area contributed by atoms with Crippen molar-refractivity contribution < 1.29 is 44.6 Å². The first-order valence-electron chi connectivity index (χ1n) is 2.30. The number of carbonyl (C=O) groups is 1. The zero-order valence-electron chi connectivity index (χ0n) is 5.68. The van der Waals surface area contributed by atoms with Crippen LogP contribution in [0.1, 0.15) is 0 Å². The van der Waals surface area contributed by atoms with E-state index < -0.39 is 11.9 Å². The predicted octanol–water partition coefficient (Wildman–Crippen LogP) is -5.00. The third kappa shape index (κ3) is 10.8. The molecule has 0 heterocycles. The Morgan fingerprint density at radius 1 is 1.60 bits per heavy atom. The van der Waals surface area contributed by atoms with Crippen LogP contribution in [0.5, 0.6) is 0 Å². The van der Waals surface area contributed by atoms with Crippen molar-refractivity contribution >= 4 is 11.9 Å². The molecule has 10 heavy (non-hydrogen) atoms. The van der Waals surface area contributed by atoms with Gasteiger partial charge in [-0.3, -0.25) is 4.79 Å². The summed E-state index contributed by atoms with van der Waals surface area (Å²) < 4.78 is 0. The standard InChI is InChI=1S/C4H8N2O3.Na/c5-3(7)1-6-2-4(8)9;/h6H,1-2H2,(H2,5,7)(H,8,9);/q;+1/p-1. The van der Waals surface area contributed by atoms with E-state index in [9.17, 15) is 9.90 Å². The number of carboxylic acids is 1. The van der Waals surface area contributed by atoms with Gasteiger partial charge in [0, 0.05) is 6.54 Å². The Labute approximate surface area is 80.2 Å². The number of carboxylic acid groups (broad SMARTS) is 1. The second-order valence-corrected chi connectivity index (χ2v) is 1.42. The maximum absolute atomic E-state index is 9.84. The zero-order chi connectivity index (χ0) is 7.28. The predicted molar refractivity (Wildman–Crippen MR) is 28.2 cm³/mol. The van der Waals surface area contributed by atoms with Gasteiger partial charge in [0.15, 0.2) is 0 Å². The summed E-state index contributed by atoms with van der Waals surface area (Å²) in [4.78, 5) is 9.75. The van der Waals surface area contributed by atoms with Gasteiger partial charge in [-0.05, 0) is 5.90 Å². The van der Waals surface area contributed by atoms with Crippen LogP contribution in [0, 0.1) is 5.41 Å². The molecule has 5 nitrogen and oxygen atoms in total. The second kappa shape index (κ2) is 7.01. The number of rotatable bonds is 4. The summed E-state index contributed by atoms with van der Waals surface area (Å²) >= 11 is 0. The average Bonchev–Trinajstić information content (AvgIpc) is 1.63. The van der Waals surface area contributed by atoms with E-state index in [1.54, 1.807) is 0 Å². The minimum atomic E-state index is -1.03. The molecule has 0 fully saturated rings. The van der Waals surface area contributed by atoms with Crippen molar-refractivity contribution in [3.8, 4) is 0 Å². The summed E-state index contributed by atoms with van der Waals surface area (Å²) in [5.74, 6) is -1.84. The fourth-order valence-corrected chi connectivity index (χ4v) is 0.283. The van der Waals surface area contributed by atoms with Crippen LogP contribution in [0.3, 0.4) is 0 Å². The van der Waals surface area contributed by atoms with Gasteiger partial charge in [0.05, 0.1) is 6.54 Å². The Morgan fingerprint density at radius 3 is 2.40 bits per heavy atom. The van der Waals surface area contributed by atoms with Gasteiger partial charge in [0.2, 0.25) is 0 Å². The molecular weight excluding hydrogens is 147 g/mol. The van der Waals surface area contributed by atoms with Gasteiger partial charge in [-0.2, -0.15) is 0 Å². The minimum absolute atomic E-state index is 0. The van der Waals surface area contributed by atoms with E-state index in [0.29, 0.717) is 0 Å². The summed E-state index contributed by atoms with van der Waals surface area (Å²) in [6, 6.07) is 0. The Kier molecular flexibility index (Phi) is 8.81. The summed E-state index contributed by atoms with van der Waals surface area (Å²) in [5, 5.41) is 26.4. The average molecular weight is 154 g/mol. The molecule has 0 rings (SSSR count). The molecule has 0 spiro atoms. The summed E-state index contributed by atoms with van der Waals surface area (Å²) in [7, 11) is 0. The van der Waals surface area contributed by atoms with Crippen LogP contribution >= 0.6 is 0 Å². The van der Waals surface area contributed by atoms with Crippen molar-refractivity contribution in [3.63, 3.8) is 0 Å². The van der Waals surface area contributed by atoms with Crippen LogP contribution in [0.25, 0.3) is 0 Å². The summed E-state index contributed by atoms with van der Waals surface area (Å²) in [5.41, 5.74) is 0. The molecule has 0 aromatic heterocycles. The maximum Gasteiger partial charge on any atom is 1.00 e. The van der Waals surface area contributed by atoms with Crippen LogP contribution < -0.4 is 40.0 Å². The molecule has 0 aromatic carbocycles. The molecule has 52 valence electrons. The van der Waals surface area contributed by atoms with E-state index in [0.717, 1.165) is 0 Å². The largest absolute Gasteiger partial charge is 1.00 e. The number of aliphatic carboxylic acids is 1. The summed E-state index contributed by atoms with van der Waals surface area (Å²) in [6.45, 7) is -0.475. The van der Waals surface area contributed by atoms with Crippen LogP contribution in [0.2, 0.25) is 0 Å². The summed E-state index contributed by atoms with van der Waals surface area (Å²) in [6.07, 6.45) is 0. The van der Waals surface area contributed by atoms with Crippen molar-refractivity contribution in [3.05, 3.63) is 0 Å². The Balaban J connectivity index is 0. The van der Waals surface area contributed by atoms with Gasteiger partial charge >= 0.3 is 35.5 Å². The Morgan fingerprint density at radius 2 is 2.10 bits per heavy atom. The van der Waals surface area contributed by atoms with Gasteiger partial charge in [-0.1, -0.05) is 0 Å². The van der Waals surface area contributed by atoms with Crippen LogP contribution in [0.4, 0.5) is 0 Å². The van der Waals surface area contributed by atoms with E-state index in [1.807, 2.05) is 0 Å². The fourth-order valence-electron chi connectivity index (χ4n) is 0.283. The SMILES string of the molecule is N=C([O-])CNCC(=O)O.[Na+]. The third-order valence-corrected chi connectivity index (χ3v) is 0.562. The monoisotopic (exact) mass is 154 g/mol. The zero-order valence-corrected chi connectivity index (χ0v) is 7.68. The van der Waals surface area contributed by atoms with Gasteiger partial charge in [0.1, 0.15) is 0 Å². The van der Waals surface area contributed by atoms with Crippen molar-refractivity contribution in [1.82, 2.24) is 5.32 Å². The number of nitrogens with one attached hydrogen (secondary N) is 2. The third-order valence-electron chi connectivity index (χ3n) is 0.562. The molecule has 0 aliphatic carbocycles. The van der Waals surface area contributed by atoms with Gasteiger partial charge < -0.3 is 20.9 Å². The normalized spacial score (nSPS) is 8.00. The quantitative estimate of drug-likeness (QED) is 0.214. The molecule has 0 amide bonds. The molecule has 0 saturated carbocycles. The maximum atomic E-state index is 9.84. The topological polar surface area (TPSA) is 96.2 Å². The molecular formula is C4H7N2NaO3. The van der Waals surface area contributed by atoms with E-state index in [-0.39, 0.29) is 42.6 Å². The first-order chi connectivity index (χ1) is 4.13. The minimum Gasteiger partial charge on any atom is -0.861 e. The van der Waals surface area contributed by atoms with Gasteiger partial charge in [-0.25, -0.2) is 0 Å². The first kappa shape index (κ1) is 12.6. The van der Waals surface area contributed by atoms with Gasteiger partial charge in [-0.15, -0.1) is 0 Å². The Hall–Kier alpha value is -0.100. The van der Waals surface area contributed by atoms with E-state index in [2.05, 4.69) is 5.32 Å². The smallest absolute Gasteiger partial charge is 0.861 e. The van der Waals surface area contributed by atoms with Crippen molar-refractivity contribution in [1.29, 1.82) is 5.41 Å². The number of hydrogen-bond donors (Lipinski definition) is 3. The molecule has 0 aliphatic rings. The van der Waals surface area contributed by atoms with Gasteiger partial charge in [0.25, 0.3) is 0 Å². The fraction of sp³-hybridized carbons (Fsp3) is 0.500. The molecule has 0 radical (unpaired) electrons. The van der Waals surface area contributed by atoms with Crippen molar-refractivity contribution in [2.45, 2.75) is 0 Å².